The summed E-state index contributed by atoms with van der Waals surface area (Å²) in [5.74, 6) is -1.51. The summed E-state index contributed by atoms with van der Waals surface area (Å²) >= 11 is 0. The molecule has 30 heavy (non-hydrogen) atoms. The van der Waals surface area contributed by atoms with Crippen LogP contribution in [0.25, 0.3) is 0 Å². The molecular weight excluding hydrogens is 403 g/mol. The largest absolute Gasteiger partial charge is 0.437 e. The second-order valence-electron chi connectivity index (χ2n) is 6.60. The lowest BCUT2D eigenvalue weighted by Crippen LogP contribution is -2.36. The molecule has 2 N–H and O–H groups in total. The molecular formula is C20H26F3N3O4. The number of halogens is 3. The number of anilines is 1. The van der Waals surface area contributed by atoms with Crippen LogP contribution in [0, 0.1) is 0 Å². The molecule has 0 aliphatic carbocycles. The number of alkyl halides is 3. The topological polar surface area (TPSA) is 96.9 Å². The maximum atomic E-state index is 12.7. The van der Waals surface area contributed by atoms with Crippen molar-refractivity contribution < 1.29 is 32.4 Å². The molecule has 1 aromatic rings. The highest BCUT2D eigenvalue weighted by Crippen LogP contribution is 2.30. The number of rotatable bonds is 11. The molecule has 0 atom stereocenters. The number of oxime groups is 1. The first-order valence-electron chi connectivity index (χ1n) is 9.67. The number of hydrogen-bond acceptors (Lipinski definition) is 5. The molecule has 1 aromatic carbocycles. The van der Waals surface area contributed by atoms with Crippen LogP contribution in [0.4, 0.5) is 23.7 Å². The fourth-order valence-electron chi connectivity index (χ4n) is 2.46. The number of amides is 2. The molecule has 0 aliphatic heterocycles. The van der Waals surface area contributed by atoms with Gasteiger partial charge in [-0.05, 0) is 24.6 Å². The van der Waals surface area contributed by atoms with E-state index in [2.05, 4.69) is 27.6 Å². The Labute approximate surface area is 173 Å². The Morgan fingerprint density at radius 3 is 2.37 bits per heavy atom. The van der Waals surface area contributed by atoms with Gasteiger partial charge in [0.15, 0.2) is 5.78 Å². The molecule has 10 heteroatoms. The zero-order valence-electron chi connectivity index (χ0n) is 17.0. The lowest BCUT2D eigenvalue weighted by atomic mass is 10.1. The van der Waals surface area contributed by atoms with Gasteiger partial charge in [0.2, 0.25) is 5.71 Å². The lowest BCUT2D eigenvalue weighted by Gasteiger charge is -2.09. The molecule has 0 heterocycles. The van der Waals surface area contributed by atoms with Gasteiger partial charge in [0.25, 0.3) is 5.91 Å². The molecule has 0 saturated carbocycles. The minimum Gasteiger partial charge on any atom is -0.350 e. The van der Waals surface area contributed by atoms with Gasteiger partial charge in [-0.3, -0.25) is 19.7 Å². The van der Waals surface area contributed by atoms with Crippen LogP contribution >= 0.6 is 0 Å². The third-order valence-corrected chi connectivity index (χ3v) is 4.02. The number of nitrogens with one attached hydrogen (secondary N) is 2. The Morgan fingerprint density at radius 1 is 1.07 bits per heavy atom. The normalized spacial score (nSPS) is 11.7. The van der Waals surface area contributed by atoms with E-state index in [0.29, 0.717) is 12.6 Å². The highest BCUT2D eigenvalue weighted by atomic mass is 19.4. The van der Waals surface area contributed by atoms with Crippen LogP contribution in [0.1, 0.15) is 57.9 Å². The third-order valence-electron chi connectivity index (χ3n) is 4.02. The van der Waals surface area contributed by atoms with E-state index >= 15 is 0 Å². The zero-order valence-corrected chi connectivity index (χ0v) is 17.0. The average Bonchev–Trinajstić information content (AvgIpc) is 2.66. The van der Waals surface area contributed by atoms with Gasteiger partial charge >= 0.3 is 12.3 Å². The summed E-state index contributed by atoms with van der Waals surface area (Å²) in [5.41, 5.74) is -1.75. The molecule has 7 nitrogen and oxygen atoms in total. The number of benzene rings is 1. The van der Waals surface area contributed by atoms with Gasteiger partial charge in [-0.2, -0.15) is 13.2 Å². The number of unbranched alkanes of at least 4 members (excludes halogenated alkanes) is 5. The quantitative estimate of drug-likeness (QED) is 0.176. The maximum Gasteiger partial charge on any atom is 0.437 e. The van der Waals surface area contributed by atoms with Crippen LogP contribution in [-0.4, -0.2) is 30.0 Å². The Balaban J connectivity index is 2.56. The summed E-state index contributed by atoms with van der Waals surface area (Å²) in [6.45, 7) is 3.54. The molecule has 0 unspecified atom stereocenters. The summed E-state index contributed by atoms with van der Waals surface area (Å²) in [6, 6.07) is 3.89. The Hall–Kier alpha value is -2.91. The minimum atomic E-state index is -4.57. The van der Waals surface area contributed by atoms with Crippen molar-refractivity contribution in [2.24, 2.45) is 5.16 Å². The zero-order chi connectivity index (χ0) is 22.6. The number of ketones is 1. The van der Waals surface area contributed by atoms with Crippen molar-refractivity contribution in [1.82, 2.24) is 5.32 Å². The molecule has 0 aromatic heterocycles. The number of hydrogen-bond donors (Lipinski definition) is 2. The second-order valence-corrected chi connectivity index (χ2v) is 6.60. The van der Waals surface area contributed by atoms with Crippen LogP contribution < -0.4 is 10.6 Å². The van der Waals surface area contributed by atoms with Crippen LogP contribution in [0.2, 0.25) is 0 Å². The van der Waals surface area contributed by atoms with Gasteiger partial charge in [-0.1, -0.05) is 50.2 Å². The van der Waals surface area contributed by atoms with Gasteiger partial charge in [0.1, 0.15) is 0 Å². The van der Waals surface area contributed by atoms with Crippen molar-refractivity contribution in [2.45, 2.75) is 58.5 Å². The second kappa shape index (κ2) is 12.6. The third kappa shape index (κ3) is 9.53. The fraction of sp³-hybridized carbons (Fsp3) is 0.500. The smallest absolute Gasteiger partial charge is 0.350 e. The molecule has 166 valence electrons. The summed E-state index contributed by atoms with van der Waals surface area (Å²) in [5, 5.41) is 7.83. The predicted molar refractivity (Wildman–Crippen MR) is 106 cm³/mol. The van der Waals surface area contributed by atoms with Crippen molar-refractivity contribution >= 4 is 29.2 Å². The van der Waals surface area contributed by atoms with Crippen LogP contribution in [0.5, 0.6) is 0 Å². The van der Waals surface area contributed by atoms with Crippen molar-refractivity contribution in [2.75, 3.05) is 11.9 Å². The standard InChI is InChI=1S/C20H26F3N3O4/c1-3-4-5-6-7-8-12-24-18(28)17(14(2)27)26-30-19(29)25-16-11-9-10-15(13-16)20(21,22)23/h9-11,13H,3-8,12H2,1-2H3,(H,24,28)(H,25,29)/b26-17+. The minimum absolute atomic E-state index is 0.179. The van der Waals surface area contributed by atoms with Crippen LogP contribution in [0.15, 0.2) is 29.4 Å². The van der Waals surface area contributed by atoms with E-state index in [-0.39, 0.29) is 5.69 Å². The number of Topliss-reactive ketones (excluding diaryl/α,β-unsaturated/α-hetero) is 1. The first-order valence-corrected chi connectivity index (χ1v) is 9.67. The molecule has 1 rings (SSSR count). The van der Waals surface area contributed by atoms with E-state index in [1.807, 2.05) is 0 Å². The van der Waals surface area contributed by atoms with E-state index in [9.17, 15) is 27.6 Å². The van der Waals surface area contributed by atoms with E-state index in [4.69, 9.17) is 0 Å². The SMILES string of the molecule is CCCCCCCCNC(=O)/C(=N/OC(=O)Nc1cccc(C(F)(F)F)c1)C(C)=O. The summed E-state index contributed by atoms with van der Waals surface area (Å²) in [4.78, 5) is 39.8. The van der Waals surface area contributed by atoms with Crippen molar-refractivity contribution in [3.05, 3.63) is 29.8 Å². The first kappa shape index (κ1) is 25.1. The lowest BCUT2D eigenvalue weighted by molar-refractivity contribution is -0.137. The summed E-state index contributed by atoms with van der Waals surface area (Å²) < 4.78 is 38.1. The van der Waals surface area contributed by atoms with E-state index in [1.165, 1.54) is 6.07 Å². The van der Waals surface area contributed by atoms with Gasteiger partial charge in [0.05, 0.1) is 5.56 Å². The Kier molecular flexibility index (Phi) is 10.6. The van der Waals surface area contributed by atoms with Gasteiger partial charge < -0.3 is 5.32 Å². The summed E-state index contributed by atoms with van der Waals surface area (Å²) in [6.07, 6.45) is 0.326. The predicted octanol–water partition coefficient (Wildman–Crippen LogP) is 4.68. The van der Waals surface area contributed by atoms with Crippen molar-refractivity contribution in [3.8, 4) is 0 Å². The van der Waals surface area contributed by atoms with Crippen LogP contribution in [-0.2, 0) is 20.6 Å². The van der Waals surface area contributed by atoms with Crippen molar-refractivity contribution in [1.29, 1.82) is 0 Å². The Bertz CT molecular complexity index is 764. The van der Waals surface area contributed by atoms with E-state index in [1.54, 1.807) is 0 Å². The summed E-state index contributed by atoms with van der Waals surface area (Å²) in [7, 11) is 0. The molecule has 0 bridgehead atoms. The van der Waals surface area contributed by atoms with Gasteiger partial charge in [-0.25, -0.2) is 4.79 Å². The average molecular weight is 429 g/mol. The van der Waals surface area contributed by atoms with E-state index < -0.39 is 35.2 Å². The highest BCUT2D eigenvalue weighted by molar-refractivity contribution is 6.65. The fourth-order valence-corrected chi connectivity index (χ4v) is 2.46. The first-order chi connectivity index (χ1) is 14.1. The molecule has 0 aliphatic rings. The van der Waals surface area contributed by atoms with Gasteiger partial charge in [-0.15, -0.1) is 0 Å². The maximum absolute atomic E-state index is 12.7. The number of carbonyl (C=O) groups is 3. The molecule has 0 saturated heterocycles. The highest BCUT2D eigenvalue weighted by Gasteiger charge is 2.30. The Morgan fingerprint density at radius 2 is 1.73 bits per heavy atom. The molecule has 0 radical (unpaired) electrons. The van der Waals surface area contributed by atoms with Crippen molar-refractivity contribution in [3.63, 3.8) is 0 Å². The molecule has 0 fully saturated rings. The molecule has 0 spiro atoms. The monoisotopic (exact) mass is 429 g/mol. The number of carbonyl (C=O) groups excluding carboxylic acids is 3. The van der Waals surface area contributed by atoms with E-state index in [0.717, 1.165) is 57.6 Å². The van der Waals surface area contributed by atoms with Crippen LogP contribution in [0.3, 0.4) is 0 Å². The molecule has 2 amide bonds. The number of nitrogens with zero attached hydrogens (tertiary/aromatic N) is 1. The van der Waals surface area contributed by atoms with Gasteiger partial charge in [0, 0.05) is 19.2 Å².